The second kappa shape index (κ2) is 8.56. The number of rotatable bonds is 4. The Balaban J connectivity index is 1.54. The van der Waals surface area contributed by atoms with Gasteiger partial charge in [0.25, 0.3) is 0 Å². The van der Waals surface area contributed by atoms with E-state index in [1.165, 1.54) is 29.7 Å². The summed E-state index contributed by atoms with van der Waals surface area (Å²) >= 11 is 0. The number of nitrogens with zero attached hydrogens (tertiary/aromatic N) is 5. The number of anilines is 1. The number of hydrogen-bond donors (Lipinski definition) is 0. The standard InChI is InChI=1S/C24H31N5O3/c1-4-31-24(30)29-11-9-28(10-12-29)22-21-20(25-14-26-22)19-17-8-6-5-7-16(17)18(13-15(2)3)27-23(19)32-21/h14-15H,4-13H2,1-3H3. The van der Waals surface area contributed by atoms with Gasteiger partial charge < -0.3 is 19.0 Å². The number of piperazine rings is 1. The minimum atomic E-state index is -0.253. The molecule has 0 atom stereocenters. The first-order chi connectivity index (χ1) is 15.6. The van der Waals surface area contributed by atoms with Gasteiger partial charge in [0, 0.05) is 31.9 Å². The Bertz CT molecular complexity index is 1150. The van der Waals surface area contributed by atoms with Gasteiger partial charge in [0.2, 0.25) is 5.71 Å². The van der Waals surface area contributed by atoms with Crippen LogP contribution in [0.15, 0.2) is 10.7 Å². The van der Waals surface area contributed by atoms with Gasteiger partial charge in [-0.05, 0) is 56.1 Å². The lowest BCUT2D eigenvalue weighted by atomic mass is 9.87. The minimum Gasteiger partial charge on any atom is -0.450 e. The summed E-state index contributed by atoms with van der Waals surface area (Å²) in [7, 11) is 0. The number of carbonyl (C=O) groups excluding carboxylic acids is 1. The first-order valence-corrected chi connectivity index (χ1v) is 11.8. The van der Waals surface area contributed by atoms with Crippen LogP contribution in [0.4, 0.5) is 10.6 Å². The molecule has 2 aliphatic rings. The van der Waals surface area contributed by atoms with E-state index in [-0.39, 0.29) is 6.09 Å². The van der Waals surface area contributed by atoms with Gasteiger partial charge in [-0.3, -0.25) is 0 Å². The van der Waals surface area contributed by atoms with Crippen LogP contribution >= 0.6 is 0 Å². The fraction of sp³-hybridized carbons (Fsp3) is 0.583. The first-order valence-electron chi connectivity index (χ1n) is 11.8. The van der Waals surface area contributed by atoms with Crippen molar-refractivity contribution in [2.75, 3.05) is 37.7 Å². The van der Waals surface area contributed by atoms with Crippen molar-refractivity contribution in [3.05, 3.63) is 23.1 Å². The molecule has 170 valence electrons. The van der Waals surface area contributed by atoms with Crippen molar-refractivity contribution in [3.8, 4) is 0 Å². The quantitative estimate of drug-likeness (QED) is 0.607. The van der Waals surface area contributed by atoms with Crippen LogP contribution in [0, 0.1) is 5.92 Å². The van der Waals surface area contributed by atoms with Crippen LogP contribution in [0.25, 0.3) is 22.2 Å². The van der Waals surface area contributed by atoms with Crippen LogP contribution in [0.3, 0.4) is 0 Å². The van der Waals surface area contributed by atoms with E-state index < -0.39 is 0 Å². The van der Waals surface area contributed by atoms with E-state index in [4.69, 9.17) is 14.1 Å². The number of furan rings is 1. The van der Waals surface area contributed by atoms with E-state index in [1.54, 1.807) is 11.2 Å². The molecule has 0 N–H and O–H groups in total. The molecule has 8 heteroatoms. The maximum atomic E-state index is 12.0. The number of pyridine rings is 1. The topological polar surface area (TPSA) is 84.6 Å². The van der Waals surface area contributed by atoms with Gasteiger partial charge in [-0.25, -0.2) is 19.7 Å². The predicted molar refractivity (Wildman–Crippen MR) is 123 cm³/mol. The molecule has 1 amide bonds. The minimum absolute atomic E-state index is 0.253. The van der Waals surface area contributed by atoms with Crippen LogP contribution in [-0.2, 0) is 24.0 Å². The van der Waals surface area contributed by atoms with Gasteiger partial charge in [0.1, 0.15) is 11.8 Å². The SMILES string of the molecule is CCOC(=O)N1CCN(c2ncnc3c2oc2nc(CC(C)C)c4c(c23)CCCC4)CC1. The Labute approximate surface area is 188 Å². The van der Waals surface area contributed by atoms with E-state index in [9.17, 15) is 4.79 Å². The molecule has 4 heterocycles. The van der Waals surface area contributed by atoms with Crippen molar-refractivity contribution in [2.24, 2.45) is 5.92 Å². The van der Waals surface area contributed by atoms with Crippen molar-refractivity contribution >= 4 is 34.1 Å². The summed E-state index contributed by atoms with van der Waals surface area (Å²) in [6.07, 6.45) is 6.87. The molecule has 32 heavy (non-hydrogen) atoms. The van der Waals surface area contributed by atoms with E-state index >= 15 is 0 Å². The summed E-state index contributed by atoms with van der Waals surface area (Å²) in [5, 5.41) is 1.07. The number of ether oxygens (including phenoxy) is 1. The van der Waals surface area contributed by atoms with Crippen LogP contribution < -0.4 is 4.90 Å². The molecule has 1 saturated heterocycles. The molecular weight excluding hydrogens is 406 g/mol. The number of amides is 1. The monoisotopic (exact) mass is 437 g/mol. The fourth-order valence-electron chi connectivity index (χ4n) is 5.02. The lowest BCUT2D eigenvalue weighted by Gasteiger charge is -2.34. The lowest BCUT2D eigenvalue weighted by molar-refractivity contribution is 0.105. The second-order valence-electron chi connectivity index (χ2n) is 9.15. The molecule has 5 rings (SSSR count). The molecule has 3 aromatic heterocycles. The molecular formula is C24H31N5O3. The van der Waals surface area contributed by atoms with E-state index in [0.29, 0.717) is 50.0 Å². The van der Waals surface area contributed by atoms with Crippen LogP contribution in [0.5, 0.6) is 0 Å². The largest absolute Gasteiger partial charge is 0.450 e. The summed E-state index contributed by atoms with van der Waals surface area (Å²) in [5.74, 6) is 1.33. The molecule has 0 unspecified atom stereocenters. The van der Waals surface area contributed by atoms with Crippen molar-refractivity contribution in [3.63, 3.8) is 0 Å². The third kappa shape index (κ3) is 3.65. The maximum Gasteiger partial charge on any atom is 0.409 e. The lowest BCUT2D eigenvalue weighted by Crippen LogP contribution is -2.49. The Hall–Kier alpha value is -2.90. The molecule has 0 bridgehead atoms. The van der Waals surface area contributed by atoms with Crippen molar-refractivity contribution in [2.45, 2.75) is 52.9 Å². The van der Waals surface area contributed by atoms with E-state index in [2.05, 4.69) is 28.7 Å². The van der Waals surface area contributed by atoms with Crippen molar-refractivity contribution in [1.82, 2.24) is 19.9 Å². The third-order valence-electron chi connectivity index (χ3n) is 6.50. The normalized spacial score (nSPS) is 16.8. The third-order valence-corrected chi connectivity index (χ3v) is 6.50. The summed E-state index contributed by atoms with van der Waals surface area (Å²) in [6, 6.07) is 0. The van der Waals surface area contributed by atoms with E-state index in [1.807, 2.05) is 6.92 Å². The Morgan fingerprint density at radius 1 is 1.12 bits per heavy atom. The first kappa shape index (κ1) is 21.0. The van der Waals surface area contributed by atoms with Gasteiger partial charge in [0.05, 0.1) is 12.0 Å². The number of carbonyl (C=O) groups is 1. The second-order valence-corrected chi connectivity index (χ2v) is 9.15. The molecule has 1 fully saturated rings. The van der Waals surface area contributed by atoms with Crippen molar-refractivity contribution < 1.29 is 13.9 Å². The van der Waals surface area contributed by atoms with Crippen LogP contribution in [0.2, 0.25) is 0 Å². The molecule has 3 aromatic rings. The Morgan fingerprint density at radius 3 is 2.59 bits per heavy atom. The van der Waals surface area contributed by atoms with E-state index in [0.717, 1.165) is 36.0 Å². The molecule has 0 saturated carbocycles. The molecule has 8 nitrogen and oxygen atoms in total. The van der Waals surface area contributed by atoms with Crippen molar-refractivity contribution in [1.29, 1.82) is 0 Å². The highest BCUT2D eigenvalue weighted by molar-refractivity contribution is 6.06. The van der Waals surface area contributed by atoms with Crippen LogP contribution in [-0.4, -0.2) is 58.7 Å². The fourth-order valence-corrected chi connectivity index (χ4v) is 5.02. The average molecular weight is 438 g/mol. The summed E-state index contributed by atoms with van der Waals surface area (Å²) in [6.45, 7) is 9.22. The molecule has 0 radical (unpaired) electrons. The van der Waals surface area contributed by atoms with Gasteiger partial charge in [-0.2, -0.15) is 0 Å². The van der Waals surface area contributed by atoms with Crippen LogP contribution in [0.1, 0.15) is 50.4 Å². The zero-order valence-electron chi connectivity index (χ0n) is 19.2. The van der Waals surface area contributed by atoms with Gasteiger partial charge in [-0.15, -0.1) is 0 Å². The zero-order chi connectivity index (χ0) is 22.2. The summed E-state index contributed by atoms with van der Waals surface area (Å²) < 4.78 is 11.5. The summed E-state index contributed by atoms with van der Waals surface area (Å²) in [5.41, 5.74) is 6.20. The highest BCUT2D eigenvalue weighted by Crippen LogP contribution is 2.38. The number of hydrogen-bond acceptors (Lipinski definition) is 7. The van der Waals surface area contributed by atoms with Gasteiger partial charge >= 0.3 is 6.09 Å². The molecule has 1 aliphatic heterocycles. The Morgan fingerprint density at radius 2 is 1.88 bits per heavy atom. The number of aromatic nitrogens is 3. The van der Waals surface area contributed by atoms with Gasteiger partial charge in [-0.1, -0.05) is 13.8 Å². The smallest absolute Gasteiger partial charge is 0.409 e. The highest BCUT2D eigenvalue weighted by atomic mass is 16.6. The Kier molecular flexibility index (Phi) is 5.61. The highest BCUT2D eigenvalue weighted by Gasteiger charge is 2.28. The molecule has 0 spiro atoms. The predicted octanol–water partition coefficient (Wildman–Crippen LogP) is 4.13. The van der Waals surface area contributed by atoms with Gasteiger partial charge in [0.15, 0.2) is 11.4 Å². The maximum absolute atomic E-state index is 12.0. The molecule has 0 aromatic carbocycles. The zero-order valence-corrected chi connectivity index (χ0v) is 19.2. The number of aryl methyl sites for hydroxylation is 1. The molecule has 1 aliphatic carbocycles. The number of fused-ring (bicyclic) bond motifs is 5. The summed E-state index contributed by atoms with van der Waals surface area (Å²) in [4.78, 5) is 30.2. The average Bonchev–Trinajstić information content (AvgIpc) is 3.18.